The number of ether oxygens (including phenoxy) is 1. The number of methoxy groups -OCH3 is 1. The number of aliphatic hydroxyl groups is 1. The molecule has 1 amide bonds. The van der Waals surface area contributed by atoms with E-state index in [-0.39, 0.29) is 12.5 Å². The van der Waals surface area contributed by atoms with Gasteiger partial charge in [-0.1, -0.05) is 30.3 Å². The highest BCUT2D eigenvalue weighted by molar-refractivity contribution is 5.81. The topological polar surface area (TPSA) is 82.3 Å². The molecular weight excluding hydrogens is 256 g/mol. The van der Waals surface area contributed by atoms with Crippen molar-refractivity contribution in [3.8, 4) is 6.07 Å². The van der Waals surface area contributed by atoms with Gasteiger partial charge in [0, 0.05) is 13.7 Å². The van der Waals surface area contributed by atoms with E-state index in [2.05, 4.69) is 5.32 Å². The second-order valence-corrected chi connectivity index (χ2v) is 4.56. The normalized spacial score (nSPS) is 13.2. The zero-order chi connectivity index (χ0) is 14.8. The predicted octanol–water partition coefficient (Wildman–Crippen LogP) is 0.882. The van der Waals surface area contributed by atoms with Crippen molar-refractivity contribution in [1.29, 1.82) is 5.26 Å². The second-order valence-electron chi connectivity index (χ2n) is 4.56. The summed E-state index contributed by atoms with van der Waals surface area (Å²) < 4.78 is 4.79. The van der Waals surface area contributed by atoms with Crippen LogP contribution in [-0.4, -0.2) is 37.4 Å². The number of benzene rings is 1. The second kappa shape index (κ2) is 9.08. The third kappa shape index (κ3) is 5.83. The van der Waals surface area contributed by atoms with Gasteiger partial charge in [0.25, 0.3) is 0 Å². The first-order chi connectivity index (χ1) is 9.67. The highest BCUT2D eigenvalue weighted by atomic mass is 16.5. The van der Waals surface area contributed by atoms with Gasteiger partial charge in [-0.25, -0.2) is 0 Å². The summed E-state index contributed by atoms with van der Waals surface area (Å²) in [5.41, 5.74) is 0.952. The number of carbonyl (C=O) groups is 1. The fourth-order valence-corrected chi connectivity index (χ4v) is 1.81. The molecule has 20 heavy (non-hydrogen) atoms. The molecule has 1 rings (SSSR count). The monoisotopic (exact) mass is 276 g/mol. The van der Waals surface area contributed by atoms with Gasteiger partial charge in [-0.15, -0.1) is 0 Å². The zero-order valence-electron chi connectivity index (χ0n) is 11.6. The Morgan fingerprint density at radius 1 is 1.45 bits per heavy atom. The molecule has 0 saturated heterocycles. The molecule has 5 nitrogen and oxygen atoms in total. The van der Waals surface area contributed by atoms with Crippen LogP contribution in [0.1, 0.15) is 12.0 Å². The summed E-state index contributed by atoms with van der Waals surface area (Å²) in [4.78, 5) is 11.9. The third-order valence-corrected chi connectivity index (χ3v) is 2.89. The Labute approximate surface area is 119 Å². The first-order valence-corrected chi connectivity index (χ1v) is 6.55. The number of aliphatic hydroxyl groups excluding tert-OH is 1. The lowest BCUT2D eigenvalue weighted by Crippen LogP contribution is -2.33. The summed E-state index contributed by atoms with van der Waals surface area (Å²) in [6, 6.07) is 11.4. The zero-order valence-corrected chi connectivity index (χ0v) is 11.6. The van der Waals surface area contributed by atoms with Gasteiger partial charge in [0.05, 0.1) is 18.8 Å². The van der Waals surface area contributed by atoms with Gasteiger partial charge in [0.1, 0.15) is 5.92 Å². The molecule has 0 heterocycles. The first kappa shape index (κ1) is 16.2. The maximum Gasteiger partial charge on any atom is 0.237 e. The van der Waals surface area contributed by atoms with E-state index >= 15 is 0 Å². The van der Waals surface area contributed by atoms with Gasteiger partial charge < -0.3 is 15.2 Å². The molecule has 1 aromatic rings. The van der Waals surface area contributed by atoms with E-state index in [1.165, 1.54) is 7.11 Å². The van der Waals surface area contributed by atoms with E-state index < -0.39 is 12.0 Å². The average molecular weight is 276 g/mol. The van der Waals surface area contributed by atoms with Crippen molar-refractivity contribution >= 4 is 5.91 Å². The van der Waals surface area contributed by atoms with Gasteiger partial charge in [-0.2, -0.15) is 5.26 Å². The molecule has 0 aliphatic carbocycles. The van der Waals surface area contributed by atoms with Gasteiger partial charge >= 0.3 is 0 Å². The third-order valence-electron chi connectivity index (χ3n) is 2.89. The van der Waals surface area contributed by atoms with E-state index in [0.29, 0.717) is 19.4 Å². The van der Waals surface area contributed by atoms with Crippen molar-refractivity contribution in [2.45, 2.75) is 18.9 Å². The SMILES string of the molecule is COCC(O)CCNC(=O)C(C#N)Cc1ccccc1. The summed E-state index contributed by atoms with van der Waals surface area (Å²) in [6.45, 7) is 0.567. The van der Waals surface area contributed by atoms with Crippen LogP contribution in [0.4, 0.5) is 0 Å². The molecule has 0 radical (unpaired) electrons. The van der Waals surface area contributed by atoms with Crippen molar-refractivity contribution in [1.82, 2.24) is 5.32 Å². The Morgan fingerprint density at radius 2 is 2.15 bits per heavy atom. The summed E-state index contributed by atoms with van der Waals surface area (Å²) in [6.07, 6.45) is 0.197. The Balaban J connectivity index is 2.38. The smallest absolute Gasteiger partial charge is 0.237 e. The molecule has 2 unspecified atom stereocenters. The molecule has 108 valence electrons. The standard InChI is InChI=1S/C15H20N2O3/c1-20-11-14(18)7-8-17-15(19)13(10-16)9-12-5-3-2-4-6-12/h2-6,13-14,18H,7-9,11H2,1H3,(H,17,19). The average Bonchev–Trinajstić information content (AvgIpc) is 2.46. The molecule has 0 aliphatic rings. The van der Waals surface area contributed by atoms with E-state index in [1.54, 1.807) is 0 Å². The number of carbonyl (C=O) groups excluding carboxylic acids is 1. The highest BCUT2D eigenvalue weighted by Gasteiger charge is 2.18. The lowest BCUT2D eigenvalue weighted by Gasteiger charge is -2.12. The fraction of sp³-hybridized carbons (Fsp3) is 0.467. The van der Waals surface area contributed by atoms with Crippen molar-refractivity contribution in [2.75, 3.05) is 20.3 Å². The highest BCUT2D eigenvalue weighted by Crippen LogP contribution is 2.08. The predicted molar refractivity (Wildman–Crippen MR) is 74.8 cm³/mol. The van der Waals surface area contributed by atoms with Crippen LogP contribution >= 0.6 is 0 Å². The molecule has 1 aromatic carbocycles. The van der Waals surface area contributed by atoms with Crippen LogP contribution in [-0.2, 0) is 16.0 Å². The lowest BCUT2D eigenvalue weighted by atomic mass is 10.00. The Morgan fingerprint density at radius 3 is 2.75 bits per heavy atom. The molecule has 0 spiro atoms. The molecule has 0 fully saturated rings. The van der Waals surface area contributed by atoms with Gasteiger partial charge in [-0.05, 0) is 18.4 Å². The number of amides is 1. The van der Waals surface area contributed by atoms with Crippen molar-refractivity contribution in [2.24, 2.45) is 5.92 Å². The Kier molecular flexibility index (Phi) is 7.33. The summed E-state index contributed by atoms with van der Waals surface area (Å²) in [7, 11) is 1.51. The molecule has 0 saturated carbocycles. The molecule has 0 aliphatic heterocycles. The Bertz CT molecular complexity index is 442. The number of nitriles is 1. The van der Waals surface area contributed by atoms with Gasteiger partial charge in [0.2, 0.25) is 5.91 Å². The number of hydrogen-bond donors (Lipinski definition) is 2. The minimum absolute atomic E-state index is 0.238. The maximum absolute atomic E-state index is 11.9. The number of nitrogens with one attached hydrogen (secondary N) is 1. The van der Waals surface area contributed by atoms with Crippen molar-refractivity contribution < 1.29 is 14.6 Å². The van der Waals surface area contributed by atoms with Crippen LogP contribution in [0.5, 0.6) is 0 Å². The van der Waals surface area contributed by atoms with Crippen molar-refractivity contribution in [3.63, 3.8) is 0 Å². The quantitative estimate of drug-likeness (QED) is 0.738. The lowest BCUT2D eigenvalue weighted by molar-refractivity contribution is -0.123. The van der Waals surface area contributed by atoms with Gasteiger partial charge in [0.15, 0.2) is 0 Å². The van der Waals surface area contributed by atoms with E-state index in [1.807, 2.05) is 36.4 Å². The number of hydrogen-bond acceptors (Lipinski definition) is 4. The minimum Gasteiger partial charge on any atom is -0.391 e. The first-order valence-electron chi connectivity index (χ1n) is 6.55. The molecule has 0 bridgehead atoms. The summed E-state index contributed by atoms with van der Waals surface area (Å²) in [5, 5.41) is 21.2. The molecule has 2 atom stereocenters. The van der Waals surface area contributed by atoms with E-state index in [4.69, 9.17) is 10.00 Å². The summed E-state index contributed by atoms with van der Waals surface area (Å²) >= 11 is 0. The molecule has 5 heteroatoms. The van der Waals surface area contributed by atoms with Crippen molar-refractivity contribution in [3.05, 3.63) is 35.9 Å². The fourth-order valence-electron chi connectivity index (χ4n) is 1.81. The van der Waals surface area contributed by atoms with Gasteiger partial charge in [-0.3, -0.25) is 4.79 Å². The van der Waals surface area contributed by atoms with Crippen LogP contribution in [0.3, 0.4) is 0 Å². The molecule has 0 aromatic heterocycles. The number of nitrogens with zero attached hydrogens (tertiary/aromatic N) is 1. The minimum atomic E-state index is -0.711. The molecular formula is C15H20N2O3. The van der Waals surface area contributed by atoms with Crippen LogP contribution in [0.25, 0.3) is 0 Å². The van der Waals surface area contributed by atoms with E-state index in [0.717, 1.165) is 5.56 Å². The number of rotatable bonds is 8. The van der Waals surface area contributed by atoms with E-state index in [9.17, 15) is 9.90 Å². The Hall–Kier alpha value is -1.90. The van der Waals surface area contributed by atoms with Crippen LogP contribution in [0.2, 0.25) is 0 Å². The maximum atomic E-state index is 11.9. The largest absolute Gasteiger partial charge is 0.391 e. The van der Waals surface area contributed by atoms with Crippen LogP contribution in [0.15, 0.2) is 30.3 Å². The molecule has 2 N–H and O–H groups in total. The van der Waals surface area contributed by atoms with Crippen LogP contribution in [0, 0.1) is 17.2 Å². The summed E-state index contributed by atoms with van der Waals surface area (Å²) in [5.74, 6) is -1.02. The van der Waals surface area contributed by atoms with Crippen LogP contribution < -0.4 is 5.32 Å².